The first kappa shape index (κ1) is 20.9. The molecule has 1 amide bonds. The van der Waals surface area contributed by atoms with E-state index in [0.717, 1.165) is 58.4 Å². The second-order valence-electron chi connectivity index (χ2n) is 9.85. The van der Waals surface area contributed by atoms with Gasteiger partial charge in [-0.15, -0.1) is 0 Å². The van der Waals surface area contributed by atoms with Crippen LogP contribution in [0.2, 0.25) is 0 Å². The maximum atomic E-state index is 12.6. The van der Waals surface area contributed by atoms with Gasteiger partial charge in [0.15, 0.2) is 6.20 Å². The van der Waals surface area contributed by atoms with Crippen LogP contribution in [0.5, 0.6) is 0 Å². The summed E-state index contributed by atoms with van der Waals surface area (Å²) in [4.78, 5) is 21.9. The molecule has 3 heterocycles. The Morgan fingerprint density at radius 1 is 1.15 bits per heavy atom. The Balaban J connectivity index is 1.40. The van der Waals surface area contributed by atoms with Gasteiger partial charge in [0.25, 0.3) is 0 Å². The van der Waals surface area contributed by atoms with Gasteiger partial charge in [-0.1, -0.05) is 12.1 Å². The number of benzene rings is 1. The maximum absolute atomic E-state index is 12.6. The zero-order valence-electron chi connectivity index (χ0n) is 19.3. The number of rotatable bonds is 4. The van der Waals surface area contributed by atoms with Crippen molar-refractivity contribution in [3.63, 3.8) is 0 Å². The first-order chi connectivity index (χ1) is 16.5. The van der Waals surface area contributed by atoms with Gasteiger partial charge >= 0.3 is 0 Å². The largest absolute Gasteiger partial charge is 0.618 e. The molecule has 2 aliphatic carbocycles. The molecular formula is C27H27N5O2. The molecule has 6 rings (SSSR count). The summed E-state index contributed by atoms with van der Waals surface area (Å²) in [6.45, 7) is 4.10. The number of hydrogen-bond donors (Lipinski definition) is 0. The van der Waals surface area contributed by atoms with E-state index in [1.165, 1.54) is 6.20 Å². The Bertz CT molecular complexity index is 1340. The molecule has 7 nitrogen and oxygen atoms in total. The van der Waals surface area contributed by atoms with Gasteiger partial charge in [0.05, 0.1) is 16.6 Å². The van der Waals surface area contributed by atoms with E-state index in [0.29, 0.717) is 36.6 Å². The summed E-state index contributed by atoms with van der Waals surface area (Å²) in [5.41, 5.74) is 4.03. The van der Waals surface area contributed by atoms with Crippen LogP contribution in [0.15, 0.2) is 42.6 Å². The second-order valence-corrected chi connectivity index (χ2v) is 9.85. The molecule has 0 spiro atoms. The van der Waals surface area contributed by atoms with E-state index in [4.69, 9.17) is 4.98 Å². The molecule has 34 heavy (non-hydrogen) atoms. The van der Waals surface area contributed by atoms with Crippen molar-refractivity contribution in [2.45, 2.75) is 44.6 Å². The second kappa shape index (κ2) is 7.98. The summed E-state index contributed by atoms with van der Waals surface area (Å²) in [5, 5.41) is 23.3. The molecule has 0 N–H and O–H groups in total. The molecular weight excluding hydrogens is 426 g/mol. The number of fused-ring (bicyclic) bond motifs is 1. The van der Waals surface area contributed by atoms with E-state index >= 15 is 0 Å². The van der Waals surface area contributed by atoms with Crippen LogP contribution in [-0.2, 0) is 4.79 Å². The average Bonchev–Trinajstić information content (AvgIpc) is 3.77. The Kier molecular flexibility index (Phi) is 4.91. The highest BCUT2D eigenvalue weighted by Gasteiger charge is 2.38. The number of carbonyl (C=O) groups excluding carboxylic acids is 1. The molecule has 1 aliphatic heterocycles. The van der Waals surface area contributed by atoms with Crippen molar-refractivity contribution < 1.29 is 9.52 Å². The highest BCUT2D eigenvalue weighted by atomic mass is 16.5. The number of piperazine rings is 1. The highest BCUT2D eigenvalue weighted by molar-refractivity contribution is 5.94. The Labute approximate surface area is 198 Å². The van der Waals surface area contributed by atoms with Crippen LogP contribution in [0, 0.1) is 22.5 Å². The van der Waals surface area contributed by atoms with Gasteiger partial charge in [-0.3, -0.25) is 4.79 Å². The Hall–Kier alpha value is -3.66. The minimum Gasteiger partial charge on any atom is -0.618 e. The van der Waals surface area contributed by atoms with E-state index in [9.17, 15) is 15.3 Å². The third-order valence-corrected chi connectivity index (χ3v) is 7.35. The zero-order chi connectivity index (χ0) is 23.4. The molecule has 3 aliphatic rings. The summed E-state index contributed by atoms with van der Waals surface area (Å²) >= 11 is 0. The van der Waals surface area contributed by atoms with E-state index in [1.54, 1.807) is 0 Å². The molecule has 2 saturated carbocycles. The fraction of sp³-hybridized carbons (Fsp3) is 0.407. The van der Waals surface area contributed by atoms with Crippen LogP contribution in [0.4, 0.5) is 5.82 Å². The van der Waals surface area contributed by atoms with Crippen molar-refractivity contribution in [1.82, 2.24) is 9.88 Å². The van der Waals surface area contributed by atoms with E-state index < -0.39 is 0 Å². The Morgan fingerprint density at radius 3 is 2.65 bits per heavy atom. The van der Waals surface area contributed by atoms with E-state index in [-0.39, 0.29) is 17.9 Å². The van der Waals surface area contributed by atoms with Gasteiger partial charge in [-0.2, -0.15) is 9.99 Å². The zero-order valence-corrected chi connectivity index (χ0v) is 19.3. The standard InChI is InChI=1S/C27H27N5O2/c1-17-16-30(12-13-31(17)27(33)19-8-9-19)26-20(15-28)14-23(25(29-26)18-6-7-18)21-10-11-32(34)24-5-3-2-4-22(21)24/h2-5,10-11,14,17-19H,6-9,12-13,16H2,1H3/t17-/m1/s1. The molecule has 3 fully saturated rings. The van der Waals surface area contributed by atoms with Crippen LogP contribution in [-0.4, -0.2) is 41.5 Å². The van der Waals surface area contributed by atoms with Crippen molar-refractivity contribution in [3.05, 3.63) is 59.1 Å². The summed E-state index contributed by atoms with van der Waals surface area (Å²) in [7, 11) is 0. The molecule has 2 aromatic heterocycles. The van der Waals surface area contributed by atoms with E-state index in [2.05, 4.69) is 17.9 Å². The van der Waals surface area contributed by atoms with Gasteiger partial charge in [-0.05, 0) is 44.7 Å². The van der Waals surface area contributed by atoms with Crippen LogP contribution in [0.25, 0.3) is 22.0 Å². The highest BCUT2D eigenvalue weighted by Crippen LogP contribution is 2.46. The fourth-order valence-corrected chi connectivity index (χ4v) is 5.21. The summed E-state index contributed by atoms with van der Waals surface area (Å²) in [6.07, 6.45) is 5.72. The molecule has 1 atom stereocenters. The predicted molar refractivity (Wildman–Crippen MR) is 129 cm³/mol. The molecule has 0 unspecified atom stereocenters. The minimum absolute atomic E-state index is 0.0878. The van der Waals surface area contributed by atoms with Crippen molar-refractivity contribution in [3.8, 4) is 17.2 Å². The topological polar surface area (TPSA) is 87.2 Å². The third-order valence-electron chi connectivity index (χ3n) is 7.35. The smallest absolute Gasteiger partial charge is 0.226 e. The number of nitrogens with zero attached hydrogens (tertiary/aromatic N) is 5. The van der Waals surface area contributed by atoms with Crippen LogP contribution < -0.4 is 9.63 Å². The lowest BCUT2D eigenvalue weighted by atomic mass is 9.96. The maximum Gasteiger partial charge on any atom is 0.226 e. The van der Waals surface area contributed by atoms with E-state index in [1.807, 2.05) is 41.3 Å². The van der Waals surface area contributed by atoms with Crippen LogP contribution in [0.3, 0.4) is 0 Å². The summed E-state index contributed by atoms with van der Waals surface area (Å²) in [5.74, 6) is 1.59. The van der Waals surface area contributed by atoms with Gasteiger partial charge in [0, 0.05) is 60.8 Å². The monoisotopic (exact) mass is 453 g/mol. The lowest BCUT2D eigenvalue weighted by Crippen LogP contribution is -2.54. The Morgan fingerprint density at radius 2 is 1.94 bits per heavy atom. The first-order valence-electron chi connectivity index (χ1n) is 12.2. The lowest BCUT2D eigenvalue weighted by molar-refractivity contribution is -0.576. The quantitative estimate of drug-likeness (QED) is 0.444. The molecule has 1 saturated heterocycles. The van der Waals surface area contributed by atoms with Crippen LogP contribution in [0.1, 0.15) is 49.8 Å². The number of amides is 1. The summed E-state index contributed by atoms with van der Waals surface area (Å²) in [6, 6.07) is 13.8. The number of para-hydroxylation sites is 1. The van der Waals surface area contributed by atoms with Crippen molar-refractivity contribution >= 4 is 22.6 Å². The number of aromatic nitrogens is 2. The first-order valence-corrected chi connectivity index (χ1v) is 12.2. The summed E-state index contributed by atoms with van der Waals surface area (Å²) < 4.78 is 0.881. The molecule has 0 radical (unpaired) electrons. The number of nitriles is 1. The molecule has 0 bridgehead atoms. The third kappa shape index (κ3) is 3.54. The number of carbonyl (C=O) groups is 1. The van der Waals surface area contributed by atoms with Gasteiger partial charge < -0.3 is 15.0 Å². The fourth-order valence-electron chi connectivity index (χ4n) is 5.21. The van der Waals surface area contributed by atoms with Gasteiger partial charge in [-0.25, -0.2) is 4.98 Å². The van der Waals surface area contributed by atoms with Gasteiger partial charge in [0.2, 0.25) is 11.4 Å². The van der Waals surface area contributed by atoms with Crippen LogP contribution >= 0.6 is 0 Å². The molecule has 3 aromatic rings. The normalized spacial score (nSPS) is 20.4. The van der Waals surface area contributed by atoms with Crippen molar-refractivity contribution in [1.29, 1.82) is 5.26 Å². The van der Waals surface area contributed by atoms with Crippen molar-refractivity contribution in [2.24, 2.45) is 5.92 Å². The number of hydrogen-bond acceptors (Lipinski definition) is 5. The SMILES string of the molecule is C[C@@H]1CN(c2nc(C3CC3)c(-c3cc[n+]([O-])c4ccccc34)cc2C#N)CCN1C(=O)C1CC1. The van der Waals surface area contributed by atoms with Gasteiger partial charge in [0.1, 0.15) is 11.9 Å². The van der Waals surface area contributed by atoms with Crippen molar-refractivity contribution in [2.75, 3.05) is 24.5 Å². The number of pyridine rings is 2. The molecule has 7 heteroatoms. The molecule has 1 aromatic carbocycles. The number of anilines is 1. The predicted octanol–water partition coefficient (Wildman–Crippen LogP) is 3.73. The minimum atomic E-state index is 0.0878. The molecule has 172 valence electrons. The average molecular weight is 454 g/mol. The lowest BCUT2D eigenvalue weighted by Gasteiger charge is -2.41.